The van der Waals surface area contributed by atoms with Crippen LogP contribution in [0.4, 0.5) is 5.95 Å². The highest BCUT2D eigenvalue weighted by Gasteiger charge is 2.37. The molecule has 0 radical (unpaired) electrons. The maximum absolute atomic E-state index is 13.6. The number of hydrogen-bond acceptors (Lipinski definition) is 7. The van der Waals surface area contributed by atoms with E-state index in [1.54, 1.807) is 31.8 Å². The number of nitrogens with zero attached hydrogens (tertiary/aromatic N) is 4. The summed E-state index contributed by atoms with van der Waals surface area (Å²) in [4.78, 5) is 29.7. The number of methoxy groups -OCH3 is 1. The maximum atomic E-state index is 13.6. The smallest absolute Gasteiger partial charge is 0.225 e. The van der Waals surface area contributed by atoms with Crippen LogP contribution in [0.5, 0.6) is 5.75 Å². The average Bonchev–Trinajstić information content (AvgIpc) is 3.34. The molecule has 2 aromatic heterocycles. The zero-order valence-electron chi connectivity index (χ0n) is 19.0. The molecule has 8 nitrogen and oxygen atoms in total. The summed E-state index contributed by atoms with van der Waals surface area (Å²) in [6.07, 6.45) is 3.88. The van der Waals surface area contributed by atoms with E-state index in [4.69, 9.17) is 4.74 Å². The van der Waals surface area contributed by atoms with Crippen molar-refractivity contribution in [1.29, 1.82) is 0 Å². The zero-order valence-corrected chi connectivity index (χ0v) is 19.0. The Labute approximate surface area is 197 Å². The summed E-state index contributed by atoms with van der Waals surface area (Å²) in [6, 6.07) is 16.4. The zero-order chi connectivity index (χ0) is 23.5. The predicted octanol–water partition coefficient (Wildman–Crippen LogP) is 3.07. The minimum absolute atomic E-state index is 0.317. The van der Waals surface area contributed by atoms with Crippen LogP contribution in [0.15, 0.2) is 73.2 Å². The number of carbonyl (C=O) groups excluding carboxylic acids is 1. The van der Waals surface area contributed by atoms with Gasteiger partial charge in [0.2, 0.25) is 5.95 Å². The van der Waals surface area contributed by atoms with E-state index in [0.29, 0.717) is 43.4 Å². The van der Waals surface area contributed by atoms with Crippen molar-refractivity contribution in [2.24, 2.45) is 0 Å². The normalized spacial score (nSPS) is 16.4. The van der Waals surface area contributed by atoms with Crippen molar-refractivity contribution in [1.82, 2.24) is 19.9 Å². The topological polar surface area (TPSA) is 94.6 Å². The highest BCUT2D eigenvalue weighted by atomic mass is 16.5. The van der Waals surface area contributed by atoms with E-state index in [0.717, 1.165) is 16.5 Å². The Balaban J connectivity index is 1.46. The number of ketones is 1. The number of H-pyrrole nitrogens is 1. The summed E-state index contributed by atoms with van der Waals surface area (Å²) >= 11 is 0. The lowest BCUT2D eigenvalue weighted by atomic mass is 9.92. The number of aliphatic hydroxyl groups is 1. The van der Waals surface area contributed by atoms with E-state index in [2.05, 4.69) is 24.8 Å². The lowest BCUT2D eigenvalue weighted by Crippen LogP contribution is -2.51. The lowest BCUT2D eigenvalue weighted by Gasteiger charge is -2.41. The molecule has 2 unspecified atom stereocenters. The molecule has 0 amide bonds. The van der Waals surface area contributed by atoms with Crippen LogP contribution in [0, 0.1) is 0 Å². The van der Waals surface area contributed by atoms with Gasteiger partial charge in [0.25, 0.3) is 0 Å². The Hall–Kier alpha value is -3.75. The third kappa shape index (κ3) is 4.13. The molecule has 8 heteroatoms. The molecular weight excluding hydrogens is 430 g/mol. The third-order valence-electron chi connectivity index (χ3n) is 6.42. The fourth-order valence-electron chi connectivity index (χ4n) is 4.71. The van der Waals surface area contributed by atoms with Gasteiger partial charge in [0.1, 0.15) is 11.9 Å². The second kappa shape index (κ2) is 9.62. The summed E-state index contributed by atoms with van der Waals surface area (Å²) < 4.78 is 5.61. The fourth-order valence-corrected chi connectivity index (χ4v) is 4.71. The Bertz CT molecular complexity index is 1270. The lowest BCUT2D eigenvalue weighted by molar-refractivity contribution is 0.0358. The van der Waals surface area contributed by atoms with Crippen molar-refractivity contribution in [2.75, 3.05) is 38.2 Å². The largest absolute Gasteiger partial charge is 0.496 e. The van der Waals surface area contributed by atoms with Gasteiger partial charge in [0.15, 0.2) is 5.78 Å². The quantitative estimate of drug-likeness (QED) is 0.412. The number of hydrogen-bond donors (Lipinski definition) is 2. The average molecular weight is 458 g/mol. The van der Waals surface area contributed by atoms with Gasteiger partial charge in [-0.25, -0.2) is 9.97 Å². The molecule has 3 heterocycles. The van der Waals surface area contributed by atoms with Crippen molar-refractivity contribution in [3.63, 3.8) is 0 Å². The summed E-state index contributed by atoms with van der Waals surface area (Å²) in [5.41, 5.74) is 2.14. The van der Waals surface area contributed by atoms with Crippen LogP contribution in [-0.2, 0) is 0 Å². The first-order chi connectivity index (χ1) is 16.7. The van der Waals surface area contributed by atoms with Crippen molar-refractivity contribution >= 4 is 22.6 Å². The number of anilines is 1. The maximum Gasteiger partial charge on any atom is 0.225 e. The minimum Gasteiger partial charge on any atom is -0.496 e. The molecule has 1 aliphatic rings. The number of para-hydroxylation sites is 2. The van der Waals surface area contributed by atoms with Gasteiger partial charge >= 0.3 is 0 Å². The number of aromatic amines is 1. The van der Waals surface area contributed by atoms with Crippen LogP contribution in [0.25, 0.3) is 10.9 Å². The number of carbonyl (C=O) groups is 1. The van der Waals surface area contributed by atoms with Gasteiger partial charge < -0.3 is 19.7 Å². The van der Waals surface area contributed by atoms with Gasteiger partial charge in [-0.2, -0.15) is 0 Å². The molecule has 2 atom stereocenters. The van der Waals surface area contributed by atoms with E-state index < -0.39 is 12.1 Å². The molecule has 0 saturated carbocycles. The standard InChI is InChI=1S/C26H27N5O3/c1-34-22-10-5-3-8-19(22)23(30-13-15-31(16-14-30)26-27-11-6-12-28-26)25(33)24(32)20-17-29-21-9-4-2-7-18(20)21/h2-12,17,23,25,29,33H,13-16H2,1H3. The molecule has 1 fully saturated rings. The number of nitrogens with one attached hydrogen (secondary N) is 1. The van der Waals surface area contributed by atoms with Gasteiger partial charge in [-0.3, -0.25) is 9.69 Å². The number of Topliss-reactive ketones (excluding diaryl/α,β-unsaturated/α-hetero) is 1. The first-order valence-electron chi connectivity index (χ1n) is 11.3. The Morgan fingerprint density at radius 3 is 2.47 bits per heavy atom. The van der Waals surface area contributed by atoms with E-state index in [-0.39, 0.29) is 5.78 Å². The second-order valence-electron chi connectivity index (χ2n) is 8.32. The van der Waals surface area contributed by atoms with Crippen molar-refractivity contribution in [2.45, 2.75) is 12.1 Å². The number of aromatic nitrogens is 3. The summed E-state index contributed by atoms with van der Waals surface area (Å²) in [5, 5.41) is 12.3. The molecule has 0 spiro atoms. The Morgan fingerprint density at radius 2 is 1.71 bits per heavy atom. The highest BCUT2D eigenvalue weighted by molar-refractivity contribution is 6.10. The van der Waals surface area contributed by atoms with Crippen LogP contribution >= 0.6 is 0 Å². The van der Waals surface area contributed by atoms with Gasteiger partial charge in [-0.05, 0) is 18.2 Å². The first kappa shape index (κ1) is 22.1. The molecule has 1 aliphatic heterocycles. The van der Waals surface area contributed by atoms with E-state index >= 15 is 0 Å². The molecule has 2 aromatic carbocycles. The van der Waals surface area contributed by atoms with Crippen molar-refractivity contribution < 1.29 is 14.6 Å². The van der Waals surface area contributed by atoms with Gasteiger partial charge in [-0.15, -0.1) is 0 Å². The first-order valence-corrected chi connectivity index (χ1v) is 11.3. The molecule has 34 heavy (non-hydrogen) atoms. The SMILES string of the molecule is COc1ccccc1C(C(O)C(=O)c1c[nH]c2ccccc12)N1CCN(c2ncccn2)CC1. The minimum atomic E-state index is -1.27. The monoisotopic (exact) mass is 457 g/mol. The van der Waals surface area contributed by atoms with Crippen LogP contribution < -0.4 is 9.64 Å². The Morgan fingerprint density at radius 1 is 1.00 bits per heavy atom. The number of piperazine rings is 1. The molecular formula is C26H27N5O3. The summed E-state index contributed by atoms with van der Waals surface area (Å²) in [7, 11) is 1.61. The number of ether oxygens (including phenoxy) is 1. The van der Waals surface area contributed by atoms with Crippen molar-refractivity contribution in [3.05, 3.63) is 84.3 Å². The van der Waals surface area contributed by atoms with Crippen molar-refractivity contribution in [3.8, 4) is 5.75 Å². The van der Waals surface area contributed by atoms with E-state index in [9.17, 15) is 9.90 Å². The summed E-state index contributed by atoms with van der Waals surface area (Å²) in [6.45, 7) is 2.64. The molecule has 0 aliphatic carbocycles. The number of benzene rings is 2. The Kier molecular flexibility index (Phi) is 6.24. The molecule has 0 bridgehead atoms. The number of aliphatic hydroxyl groups excluding tert-OH is 1. The molecule has 1 saturated heterocycles. The predicted molar refractivity (Wildman–Crippen MR) is 130 cm³/mol. The van der Waals surface area contributed by atoms with E-state index in [1.165, 1.54) is 0 Å². The third-order valence-corrected chi connectivity index (χ3v) is 6.42. The number of rotatable bonds is 7. The molecule has 174 valence electrons. The van der Waals surface area contributed by atoms with Gasteiger partial charge in [-0.1, -0.05) is 36.4 Å². The second-order valence-corrected chi connectivity index (χ2v) is 8.32. The number of fused-ring (bicyclic) bond motifs is 1. The summed E-state index contributed by atoms with van der Waals surface area (Å²) in [5.74, 6) is 1.01. The molecule has 5 rings (SSSR count). The van der Waals surface area contributed by atoms with Crippen LogP contribution in [0.3, 0.4) is 0 Å². The van der Waals surface area contributed by atoms with Crippen LogP contribution in [0.2, 0.25) is 0 Å². The molecule has 2 N–H and O–H groups in total. The molecule has 4 aromatic rings. The van der Waals surface area contributed by atoms with Gasteiger partial charge in [0.05, 0.1) is 13.2 Å². The van der Waals surface area contributed by atoms with E-state index in [1.807, 2.05) is 48.5 Å². The van der Waals surface area contributed by atoms with Crippen LogP contribution in [0.1, 0.15) is 22.0 Å². The fraction of sp³-hybridized carbons (Fsp3) is 0.269. The highest BCUT2D eigenvalue weighted by Crippen LogP contribution is 2.35. The van der Waals surface area contributed by atoms with Gasteiger partial charge in [0, 0.05) is 66.8 Å². The van der Waals surface area contributed by atoms with Crippen LogP contribution in [-0.4, -0.2) is 70.1 Å².